The number of carbonyl (C=O) groups excluding carboxylic acids is 1. The first kappa shape index (κ1) is 14.2. The van der Waals surface area contributed by atoms with E-state index in [0.29, 0.717) is 16.7 Å². The van der Waals surface area contributed by atoms with Crippen LogP contribution in [-0.2, 0) is 11.2 Å². The van der Waals surface area contributed by atoms with Crippen LogP contribution in [-0.4, -0.2) is 30.6 Å². The van der Waals surface area contributed by atoms with Gasteiger partial charge in [0.15, 0.2) is 5.82 Å². The quantitative estimate of drug-likeness (QED) is 0.795. The molecule has 7 nitrogen and oxygen atoms in total. The molecule has 8 heteroatoms. The second-order valence-electron chi connectivity index (χ2n) is 4.42. The van der Waals surface area contributed by atoms with Gasteiger partial charge in [0.1, 0.15) is 24.8 Å². The van der Waals surface area contributed by atoms with Crippen molar-refractivity contribution in [2.45, 2.75) is 6.42 Å². The van der Waals surface area contributed by atoms with E-state index >= 15 is 0 Å². The van der Waals surface area contributed by atoms with Crippen molar-refractivity contribution in [1.29, 1.82) is 0 Å². The number of nitrogens with one attached hydrogen (secondary N) is 1. The molecule has 1 aromatic carbocycles. The van der Waals surface area contributed by atoms with E-state index < -0.39 is 0 Å². The van der Waals surface area contributed by atoms with Gasteiger partial charge in [-0.2, -0.15) is 5.10 Å². The van der Waals surface area contributed by atoms with Gasteiger partial charge in [-0.3, -0.25) is 4.79 Å². The van der Waals surface area contributed by atoms with E-state index in [1.165, 1.54) is 23.7 Å². The van der Waals surface area contributed by atoms with Crippen molar-refractivity contribution in [3.8, 4) is 5.82 Å². The average Bonchev–Trinajstić information content (AvgIpc) is 3.04. The maximum absolute atomic E-state index is 12.1. The SMILES string of the molecule is O=C(Cc1ccccc1Cl)Nc1cc(-n2cncn2)ncn1. The van der Waals surface area contributed by atoms with E-state index in [-0.39, 0.29) is 12.3 Å². The minimum Gasteiger partial charge on any atom is -0.310 e. The van der Waals surface area contributed by atoms with Gasteiger partial charge in [-0.25, -0.2) is 19.6 Å². The van der Waals surface area contributed by atoms with E-state index in [0.717, 1.165) is 5.56 Å². The zero-order valence-corrected chi connectivity index (χ0v) is 12.1. The van der Waals surface area contributed by atoms with E-state index in [2.05, 4.69) is 25.4 Å². The van der Waals surface area contributed by atoms with E-state index in [9.17, 15) is 4.79 Å². The van der Waals surface area contributed by atoms with E-state index in [1.54, 1.807) is 12.1 Å². The molecule has 0 aliphatic carbocycles. The number of hydrogen-bond donors (Lipinski definition) is 1. The first-order valence-corrected chi connectivity index (χ1v) is 6.80. The average molecular weight is 315 g/mol. The maximum Gasteiger partial charge on any atom is 0.230 e. The van der Waals surface area contributed by atoms with Crippen LogP contribution >= 0.6 is 11.6 Å². The van der Waals surface area contributed by atoms with Crippen molar-refractivity contribution in [3.63, 3.8) is 0 Å². The number of aromatic nitrogens is 5. The Morgan fingerprint density at radius 3 is 2.86 bits per heavy atom. The number of carbonyl (C=O) groups is 1. The first-order chi connectivity index (χ1) is 10.7. The summed E-state index contributed by atoms with van der Waals surface area (Å²) in [5, 5.41) is 7.24. The highest BCUT2D eigenvalue weighted by molar-refractivity contribution is 6.31. The molecule has 110 valence electrons. The number of rotatable bonds is 4. The Morgan fingerprint density at radius 1 is 1.23 bits per heavy atom. The molecule has 0 atom stereocenters. The fraction of sp³-hybridized carbons (Fsp3) is 0.0714. The highest BCUT2D eigenvalue weighted by Crippen LogP contribution is 2.16. The van der Waals surface area contributed by atoms with Crippen molar-refractivity contribution >= 4 is 23.3 Å². The van der Waals surface area contributed by atoms with Gasteiger partial charge in [0.05, 0.1) is 6.42 Å². The smallest absolute Gasteiger partial charge is 0.230 e. The summed E-state index contributed by atoms with van der Waals surface area (Å²) < 4.78 is 1.48. The predicted octanol–water partition coefficient (Wildman–Crippen LogP) is 1.89. The topological polar surface area (TPSA) is 85.6 Å². The molecule has 3 rings (SSSR count). The molecule has 0 saturated carbocycles. The molecule has 0 saturated heterocycles. The molecule has 22 heavy (non-hydrogen) atoms. The molecular formula is C14H11ClN6O. The summed E-state index contributed by atoms with van der Waals surface area (Å²) in [6.45, 7) is 0. The zero-order chi connectivity index (χ0) is 15.4. The molecule has 0 radical (unpaired) electrons. The fourth-order valence-electron chi connectivity index (χ4n) is 1.87. The molecule has 2 heterocycles. The summed E-state index contributed by atoms with van der Waals surface area (Å²) in [6.07, 6.45) is 4.43. The van der Waals surface area contributed by atoms with Crippen LogP contribution in [0.2, 0.25) is 5.02 Å². The van der Waals surface area contributed by atoms with Gasteiger partial charge in [0.25, 0.3) is 0 Å². The lowest BCUT2D eigenvalue weighted by Gasteiger charge is -2.07. The fourth-order valence-corrected chi connectivity index (χ4v) is 2.07. The Balaban J connectivity index is 1.72. The number of amides is 1. The molecule has 0 spiro atoms. The highest BCUT2D eigenvalue weighted by Gasteiger charge is 2.09. The largest absolute Gasteiger partial charge is 0.310 e. The van der Waals surface area contributed by atoms with Gasteiger partial charge in [0, 0.05) is 11.1 Å². The van der Waals surface area contributed by atoms with Crippen molar-refractivity contribution < 1.29 is 4.79 Å². The highest BCUT2D eigenvalue weighted by atomic mass is 35.5. The van der Waals surface area contributed by atoms with Gasteiger partial charge in [-0.15, -0.1) is 0 Å². The predicted molar refractivity (Wildman–Crippen MR) is 80.7 cm³/mol. The monoisotopic (exact) mass is 314 g/mol. The molecular weight excluding hydrogens is 304 g/mol. The van der Waals surface area contributed by atoms with Crippen molar-refractivity contribution in [2.24, 2.45) is 0 Å². The van der Waals surface area contributed by atoms with Crippen LogP contribution in [0.25, 0.3) is 5.82 Å². The van der Waals surface area contributed by atoms with Gasteiger partial charge in [-0.05, 0) is 11.6 Å². The summed E-state index contributed by atoms with van der Waals surface area (Å²) in [6, 6.07) is 8.82. The van der Waals surface area contributed by atoms with Gasteiger partial charge in [-0.1, -0.05) is 29.8 Å². The lowest BCUT2D eigenvalue weighted by atomic mass is 10.1. The van der Waals surface area contributed by atoms with Crippen molar-refractivity contribution in [3.05, 3.63) is 59.9 Å². The third-order valence-corrected chi connectivity index (χ3v) is 3.25. The summed E-state index contributed by atoms with van der Waals surface area (Å²) in [5.41, 5.74) is 0.757. The molecule has 1 amide bonds. The standard InChI is InChI=1S/C14H11ClN6O/c15-11-4-2-1-3-10(11)5-14(22)20-12-6-13(18-8-17-12)21-9-16-7-19-21/h1-4,6-9H,5H2,(H,17,18,20,22). The van der Waals surface area contributed by atoms with Gasteiger partial charge in [0.2, 0.25) is 5.91 Å². The van der Waals surface area contributed by atoms with Gasteiger partial charge >= 0.3 is 0 Å². The number of halogens is 1. The Morgan fingerprint density at radius 2 is 2.09 bits per heavy atom. The molecule has 0 fully saturated rings. The summed E-state index contributed by atoms with van der Waals surface area (Å²) in [5.74, 6) is 0.689. The van der Waals surface area contributed by atoms with Crippen LogP contribution in [0, 0.1) is 0 Å². The van der Waals surface area contributed by atoms with Crippen LogP contribution in [0.5, 0.6) is 0 Å². The first-order valence-electron chi connectivity index (χ1n) is 6.42. The summed E-state index contributed by atoms with van der Waals surface area (Å²) in [7, 11) is 0. The molecule has 0 aliphatic rings. The Labute approximate surface area is 131 Å². The van der Waals surface area contributed by atoms with Crippen LogP contribution in [0.1, 0.15) is 5.56 Å². The molecule has 3 aromatic rings. The summed E-state index contributed by atoms with van der Waals surface area (Å²) in [4.78, 5) is 24.0. The van der Waals surface area contributed by atoms with Gasteiger partial charge < -0.3 is 5.32 Å². The summed E-state index contributed by atoms with van der Waals surface area (Å²) >= 11 is 6.04. The van der Waals surface area contributed by atoms with E-state index in [4.69, 9.17) is 11.6 Å². The Hall–Kier alpha value is -2.80. The zero-order valence-electron chi connectivity index (χ0n) is 11.3. The van der Waals surface area contributed by atoms with E-state index in [1.807, 2.05) is 18.2 Å². The van der Waals surface area contributed by atoms with Crippen molar-refractivity contribution in [1.82, 2.24) is 24.7 Å². The third-order valence-electron chi connectivity index (χ3n) is 2.88. The Kier molecular flexibility index (Phi) is 4.06. The van der Waals surface area contributed by atoms with Crippen molar-refractivity contribution in [2.75, 3.05) is 5.32 Å². The third kappa shape index (κ3) is 3.26. The lowest BCUT2D eigenvalue weighted by Crippen LogP contribution is -2.16. The molecule has 2 aromatic heterocycles. The molecule has 0 bridgehead atoms. The lowest BCUT2D eigenvalue weighted by molar-refractivity contribution is -0.115. The minimum absolute atomic E-state index is 0.169. The van der Waals surface area contributed by atoms with Crippen LogP contribution < -0.4 is 5.32 Å². The normalized spacial score (nSPS) is 10.4. The second kappa shape index (κ2) is 6.31. The minimum atomic E-state index is -0.212. The van der Waals surface area contributed by atoms with Crippen LogP contribution in [0.15, 0.2) is 49.3 Å². The molecule has 0 aliphatic heterocycles. The van der Waals surface area contributed by atoms with Crippen LogP contribution in [0.4, 0.5) is 5.82 Å². The number of anilines is 1. The molecule has 0 unspecified atom stereocenters. The molecule has 1 N–H and O–H groups in total. The number of benzene rings is 1. The second-order valence-corrected chi connectivity index (χ2v) is 4.83. The van der Waals surface area contributed by atoms with Crippen LogP contribution in [0.3, 0.4) is 0 Å². The number of nitrogens with zero attached hydrogens (tertiary/aromatic N) is 5. The Bertz CT molecular complexity index is 790. The maximum atomic E-state index is 12.1. The number of hydrogen-bond acceptors (Lipinski definition) is 5.